The van der Waals surface area contributed by atoms with Crippen LogP contribution in [0.1, 0.15) is 32.3 Å². The van der Waals surface area contributed by atoms with Gasteiger partial charge in [-0.15, -0.1) is 0 Å². The summed E-state index contributed by atoms with van der Waals surface area (Å²) in [5.74, 6) is -0.261. The Kier molecular flexibility index (Phi) is 5.26. The van der Waals surface area contributed by atoms with E-state index in [2.05, 4.69) is 0 Å². The number of hydrogen-bond donors (Lipinski definition) is 0. The fourth-order valence-corrected chi connectivity index (χ4v) is 3.88. The molecule has 1 aromatic rings. The fourth-order valence-electron chi connectivity index (χ4n) is 2.38. The summed E-state index contributed by atoms with van der Waals surface area (Å²) in [4.78, 5) is 11.3. The van der Waals surface area contributed by atoms with E-state index in [4.69, 9.17) is 4.74 Å². The van der Waals surface area contributed by atoms with E-state index < -0.39 is 16.0 Å². The fraction of sp³-hybridized carbons (Fsp3) is 0.353. The summed E-state index contributed by atoms with van der Waals surface area (Å²) in [5.41, 5.74) is 0.990. The number of carbonyl (C=O) groups is 1. The first kappa shape index (κ1) is 17.3. The van der Waals surface area contributed by atoms with Crippen LogP contribution in [0, 0.1) is 6.92 Å². The number of benzene rings is 1. The molecule has 0 bridgehead atoms. The molecule has 124 valence electrons. The van der Waals surface area contributed by atoms with Crippen LogP contribution in [0.4, 0.5) is 0 Å². The van der Waals surface area contributed by atoms with Gasteiger partial charge in [-0.3, -0.25) is 9.10 Å². The Morgan fingerprint density at radius 1 is 1.26 bits per heavy atom. The van der Waals surface area contributed by atoms with Crippen LogP contribution in [0.3, 0.4) is 0 Å². The van der Waals surface area contributed by atoms with Gasteiger partial charge in [0, 0.05) is 6.92 Å². The van der Waals surface area contributed by atoms with Crippen LogP contribution in [-0.4, -0.2) is 24.7 Å². The second-order valence-electron chi connectivity index (χ2n) is 5.49. The minimum atomic E-state index is -3.70. The first-order valence-electron chi connectivity index (χ1n) is 7.53. The number of ether oxygens (including phenoxy) is 1. The summed E-state index contributed by atoms with van der Waals surface area (Å²) < 4.78 is 32.1. The number of esters is 1. The molecule has 0 spiro atoms. The lowest BCUT2D eigenvalue weighted by atomic mass is 10.1. The van der Waals surface area contributed by atoms with Crippen molar-refractivity contribution in [2.75, 3.05) is 0 Å². The van der Waals surface area contributed by atoms with Crippen molar-refractivity contribution in [3.63, 3.8) is 0 Å². The van der Waals surface area contributed by atoms with Gasteiger partial charge in [0.15, 0.2) is 0 Å². The van der Waals surface area contributed by atoms with Crippen molar-refractivity contribution >= 4 is 16.0 Å². The lowest BCUT2D eigenvalue weighted by Gasteiger charge is -2.30. The van der Waals surface area contributed by atoms with Gasteiger partial charge < -0.3 is 4.74 Å². The molecule has 2 rings (SSSR count). The van der Waals surface area contributed by atoms with Crippen LogP contribution >= 0.6 is 0 Å². The number of sulfonamides is 1. The Bertz CT molecular complexity index is 732. The maximum absolute atomic E-state index is 12.9. The predicted octanol–water partition coefficient (Wildman–Crippen LogP) is 3.13. The molecule has 1 atom stereocenters. The molecule has 0 fully saturated rings. The van der Waals surface area contributed by atoms with Crippen molar-refractivity contribution in [1.82, 2.24) is 4.31 Å². The number of carbonyl (C=O) groups excluding carboxylic acids is 1. The van der Waals surface area contributed by atoms with Crippen molar-refractivity contribution in [2.24, 2.45) is 0 Å². The summed E-state index contributed by atoms with van der Waals surface area (Å²) in [6, 6.07) is 6.41. The molecule has 0 N–H and O–H groups in total. The highest BCUT2D eigenvalue weighted by atomic mass is 32.2. The quantitative estimate of drug-likeness (QED) is 0.776. The van der Waals surface area contributed by atoms with E-state index >= 15 is 0 Å². The van der Waals surface area contributed by atoms with Gasteiger partial charge in [0.1, 0.15) is 5.76 Å². The van der Waals surface area contributed by atoms with Gasteiger partial charge in [-0.2, -0.15) is 0 Å². The molecule has 1 aliphatic rings. The van der Waals surface area contributed by atoms with Crippen molar-refractivity contribution in [3.8, 4) is 0 Å². The van der Waals surface area contributed by atoms with Crippen molar-refractivity contribution in [2.45, 2.75) is 44.6 Å². The monoisotopic (exact) mass is 335 g/mol. The zero-order valence-electron chi connectivity index (χ0n) is 13.5. The second kappa shape index (κ2) is 7.00. The van der Waals surface area contributed by atoms with Gasteiger partial charge in [-0.05, 0) is 31.6 Å². The maximum atomic E-state index is 12.9. The normalized spacial score (nSPS) is 17.8. The van der Waals surface area contributed by atoms with E-state index in [-0.39, 0.29) is 16.7 Å². The van der Waals surface area contributed by atoms with E-state index in [1.54, 1.807) is 36.4 Å². The summed E-state index contributed by atoms with van der Waals surface area (Å²) in [7, 11) is -3.70. The van der Waals surface area contributed by atoms with Gasteiger partial charge >= 0.3 is 5.97 Å². The smallest absolute Gasteiger partial charge is 0.308 e. The highest BCUT2D eigenvalue weighted by molar-refractivity contribution is 7.89. The second-order valence-corrected chi connectivity index (χ2v) is 7.33. The summed E-state index contributed by atoms with van der Waals surface area (Å²) >= 11 is 0. The Morgan fingerprint density at radius 3 is 2.48 bits per heavy atom. The standard InChI is InChI=1S/C17H21NO4S/c1-4-5-15-8-9-16(22-14(3)19)12-18(15)23(20,21)17-10-6-13(2)7-11-17/h6-12,15H,4-5H2,1-3H3. The van der Waals surface area contributed by atoms with Crippen LogP contribution < -0.4 is 0 Å². The summed E-state index contributed by atoms with van der Waals surface area (Å²) in [5, 5.41) is 0. The molecule has 0 radical (unpaired) electrons. The third-order valence-electron chi connectivity index (χ3n) is 3.51. The molecule has 0 aromatic heterocycles. The molecule has 23 heavy (non-hydrogen) atoms. The minimum Gasteiger partial charge on any atom is -0.425 e. The van der Waals surface area contributed by atoms with Crippen LogP contribution in [0.5, 0.6) is 0 Å². The van der Waals surface area contributed by atoms with Crippen molar-refractivity contribution < 1.29 is 17.9 Å². The minimum absolute atomic E-state index is 0.220. The van der Waals surface area contributed by atoms with E-state index in [9.17, 15) is 13.2 Å². The SMILES string of the molecule is CCCC1C=CC(OC(C)=O)=CN1S(=O)(=O)c1ccc(C)cc1. The third-order valence-corrected chi connectivity index (χ3v) is 5.31. The number of nitrogens with zero attached hydrogens (tertiary/aromatic N) is 1. The Hall–Kier alpha value is -2.08. The molecule has 5 nitrogen and oxygen atoms in total. The highest BCUT2D eigenvalue weighted by Crippen LogP contribution is 2.26. The summed E-state index contributed by atoms with van der Waals surface area (Å²) in [6.07, 6.45) is 6.31. The van der Waals surface area contributed by atoms with Gasteiger partial charge in [-0.25, -0.2) is 8.42 Å². The lowest BCUT2D eigenvalue weighted by Crippen LogP contribution is -2.37. The van der Waals surface area contributed by atoms with Gasteiger partial charge in [0.25, 0.3) is 10.0 Å². The molecule has 6 heteroatoms. The molecule has 0 amide bonds. The highest BCUT2D eigenvalue weighted by Gasteiger charge is 2.30. The molecular formula is C17H21NO4S. The number of aryl methyl sites for hydroxylation is 1. The van der Waals surface area contributed by atoms with Crippen molar-refractivity contribution in [3.05, 3.63) is 53.9 Å². The molecule has 1 unspecified atom stereocenters. The molecular weight excluding hydrogens is 314 g/mol. The van der Waals surface area contributed by atoms with E-state index in [1.807, 2.05) is 13.8 Å². The first-order valence-corrected chi connectivity index (χ1v) is 8.97. The molecule has 1 aromatic carbocycles. The molecule has 0 saturated heterocycles. The zero-order valence-corrected chi connectivity index (χ0v) is 14.3. The Morgan fingerprint density at radius 2 is 1.91 bits per heavy atom. The van der Waals surface area contributed by atoms with E-state index in [1.165, 1.54) is 17.4 Å². The predicted molar refractivity (Wildman–Crippen MR) is 87.9 cm³/mol. The van der Waals surface area contributed by atoms with Gasteiger partial charge in [0.2, 0.25) is 0 Å². The third kappa shape index (κ3) is 4.01. The van der Waals surface area contributed by atoms with Crippen molar-refractivity contribution in [1.29, 1.82) is 0 Å². The van der Waals surface area contributed by atoms with Gasteiger partial charge in [0.05, 0.1) is 17.1 Å². The zero-order chi connectivity index (χ0) is 17.0. The Labute approximate surface area is 137 Å². The number of rotatable bonds is 5. The maximum Gasteiger partial charge on any atom is 0.308 e. The van der Waals surface area contributed by atoms with Crippen LogP contribution in [0.2, 0.25) is 0 Å². The Balaban J connectivity index is 2.41. The van der Waals surface area contributed by atoms with Crippen LogP contribution in [-0.2, 0) is 19.6 Å². The lowest BCUT2D eigenvalue weighted by molar-refractivity contribution is -0.136. The topological polar surface area (TPSA) is 63.7 Å². The van der Waals surface area contributed by atoms with E-state index in [0.29, 0.717) is 6.42 Å². The first-order chi connectivity index (χ1) is 10.8. The average molecular weight is 335 g/mol. The van der Waals surface area contributed by atoms with Crippen LogP contribution in [0.15, 0.2) is 53.3 Å². The average Bonchev–Trinajstić information content (AvgIpc) is 2.49. The summed E-state index contributed by atoms with van der Waals surface area (Å²) in [6.45, 7) is 5.18. The number of hydrogen-bond acceptors (Lipinski definition) is 4. The molecule has 0 aliphatic carbocycles. The number of allylic oxidation sites excluding steroid dienone is 1. The molecule has 1 heterocycles. The molecule has 0 saturated carbocycles. The van der Waals surface area contributed by atoms with E-state index in [0.717, 1.165) is 12.0 Å². The van der Waals surface area contributed by atoms with Gasteiger partial charge in [-0.1, -0.05) is 37.1 Å². The van der Waals surface area contributed by atoms with Crippen LogP contribution in [0.25, 0.3) is 0 Å². The molecule has 1 aliphatic heterocycles. The largest absolute Gasteiger partial charge is 0.425 e.